The van der Waals surface area contributed by atoms with Crippen molar-refractivity contribution in [3.8, 4) is 0 Å². The lowest BCUT2D eigenvalue weighted by molar-refractivity contribution is -0.118. The van der Waals surface area contributed by atoms with Crippen molar-refractivity contribution in [3.05, 3.63) is 84.3 Å². The Labute approximate surface area is 192 Å². The van der Waals surface area contributed by atoms with Crippen LogP contribution >= 0.6 is 11.9 Å². The molecule has 2 aromatic rings. The summed E-state index contributed by atoms with van der Waals surface area (Å²) in [5.41, 5.74) is 0.914. The number of carbonyl (C=O) groups is 2. The van der Waals surface area contributed by atoms with Crippen LogP contribution in [0.2, 0.25) is 0 Å². The van der Waals surface area contributed by atoms with Gasteiger partial charge in [0.1, 0.15) is 11.9 Å². The zero-order valence-corrected chi connectivity index (χ0v) is 18.7. The van der Waals surface area contributed by atoms with Crippen molar-refractivity contribution in [1.29, 1.82) is 0 Å². The number of nitrogens with one attached hydrogen (secondary N) is 3. The van der Waals surface area contributed by atoms with Crippen LogP contribution in [0.4, 0.5) is 10.1 Å². The number of carbonyl (C=O) groups excluding carboxylic acids is 2. The highest BCUT2D eigenvalue weighted by atomic mass is 32.2. The van der Waals surface area contributed by atoms with Crippen LogP contribution in [0.25, 0.3) is 0 Å². The SMILES string of the molecule is C=N/C=C\C=C/CCC(NC(=O)c1ccc(F)cc1)C(=O)Nc1ccc(SNCC)cc1. The average Bonchev–Trinajstić information content (AvgIpc) is 2.80. The highest BCUT2D eigenvalue weighted by Crippen LogP contribution is 2.18. The van der Waals surface area contributed by atoms with Crippen LogP contribution in [0.5, 0.6) is 0 Å². The average molecular weight is 455 g/mol. The van der Waals surface area contributed by atoms with Gasteiger partial charge >= 0.3 is 0 Å². The molecule has 0 fully saturated rings. The Bertz CT molecular complexity index is 943. The number of nitrogens with zero attached hydrogens (tertiary/aromatic N) is 1. The van der Waals surface area contributed by atoms with Crippen LogP contribution in [-0.2, 0) is 4.79 Å². The molecule has 168 valence electrons. The second-order valence-corrected chi connectivity index (χ2v) is 7.64. The van der Waals surface area contributed by atoms with Gasteiger partial charge in [-0.05, 0) is 86.1 Å². The third-order valence-electron chi connectivity index (χ3n) is 4.25. The predicted molar refractivity (Wildman–Crippen MR) is 129 cm³/mol. The summed E-state index contributed by atoms with van der Waals surface area (Å²) in [7, 11) is 0. The summed E-state index contributed by atoms with van der Waals surface area (Å²) in [6.45, 7) is 6.22. The third-order valence-corrected chi connectivity index (χ3v) is 5.19. The maximum Gasteiger partial charge on any atom is 0.251 e. The Morgan fingerprint density at radius 1 is 1.12 bits per heavy atom. The Morgan fingerprint density at radius 2 is 1.84 bits per heavy atom. The van der Waals surface area contributed by atoms with E-state index in [4.69, 9.17) is 0 Å². The molecule has 0 radical (unpaired) electrons. The van der Waals surface area contributed by atoms with Crippen LogP contribution in [0.1, 0.15) is 30.1 Å². The molecule has 0 aliphatic carbocycles. The molecule has 1 atom stereocenters. The summed E-state index contributed by atoms with van der Waals surface area (Å²) < 4.78 is 16.3. The molecule has 0 aliphatic rings. The van der Waals surface area contributed by atoms with Crippen molar-refractivity contribution >= 4 is 36.2 Å². The topological polar surface area (TPSA) is 82.6 Å². The van der Waals surface area contributed by atoms with Gasteiger partial charge in [-0.1, -0.05) is 19.1 Å². The molecule has 3 N–H and O–H groups in total. The zero-order valence-electron chi connectivity index (χ0n) is 17.9. The maximum atomic E-state index is 13.1. The van der Waals surface area contributed by atoms with Crippen molar-refractivity contribution in [3.63, 3.8) is 0 Å². The number of benzene rings is 2. The van der Waals surface area contributed by atoms with Gasteiger partial charge in [-0.3, -0.25) is 19.3 Å². The molecule has 32 heavy (non-hydrogen) atoms. The van der Waals surface area contributed by atoms with Gasteiger partial charge in [0.25, 0.3) is 5.91 Å². The van der Waals surface area contributed by atoms with Gasteiger partial charge in [0.05, 0.1) is 0 Å². The van der Waals surface area contributed by atoms with E-state index in [0.717, 1.165) is 11.4 Å². The number of aliphatic imine (C=N–C) groups is 1. The van der Waals surface area contributed by atoms with Gasteiger partial charge in [-0.2, -0.15) is 0 Å². The van der Waals surface area contributed by atoms with Crippen molar-refractivity contribution in [2.75, 3.05) is 11.9 Å². The summed E-state index contributed by atoms with van der Waals surface area (Å²) in [5.74, 6) is -1.20. The van der Waals surface area contributed by atoms with E-state index >= 15 is 0 Å². The maximum absolute atomic E-state index is 13.1. The molecule has 0 aliphatic heterocycles. The van der Waals surface area contributed by atoms with Crippen molar-refractivity contribution in [1.82, 2.24) is 10.0 Å². The van der Waals surface area contributed by atoms with Crippen LogP contribution in [0.15, 0.2) is 82.8 Å². The fraction of sp³-hybridized carbons (Fsp3) is 0.208. The molecule has 2 aromatic carbocycles. The first kappa shape index (κ1) is 25.0. The quantitative estimate of drug-likeness (QED) is 0.246. The number of halogens is 1. The van der Waals surface area contributed by atoms with E-state index in [1.165, 1.54) is 36.2 Å². The third kappa shape index (κ3) is 8.87. The minimum Gasteiger partial charge on any atom is -0.340 e. The molecule has 0 saturated heterocycles. The Balaban J connectivity index is 2.05. The second kappa shape index (κ2) is 14.0. The zero-order chi connectivity index (χ0) is 23.2. The summed E-state index contributed by atoms with van der Waals surface area (Å²) in [6.07, 6.45) is 7.90. The molecule has 1 unspecified atom stereocenters. The molecule has 0 spiro atoms. The van der Waals surface area contributed by atoms with Gasteiger partial charge in [0, 0.05) is 28.9 Å². The molecule has 0 saturated carbocycles. The molecule has 8 heteroatoms. The first-order valence-electron chi connectivity index (χ1n) is 10.2. The predicted octanol–water partition coefficient (Wildman–Crippen LogP) is 4.73. The van der Waals surface area contributed by atoms with Gasteiger partial charge in [-0.25, -0.2) is 4.39 Å². The van der Waals surface area contributed by atoms with E-state index in [1.807, 2.05) is 37.3 Å². The molecule has 0 aromatic heterocycles. The number of hydrogen-bond donors (Lipinski definition) is 3. The first-order valence-corrected chi connectivity index (χ1v) is 11.0. The van der Waals surface area contributed by atoms with Crippen molar-refractivity contribution < 1.29 is 14.0 Å². The van der Waals surface area contributed by atoms with Gasteiger partial charge in [-0.15, -0.1) is 0 Å². The monoisotopic (exact) mass is 454 g/mol. The molecule has 6 nitrogen and oxygen atoms in total. The standard InChI is InChI=1S/C24H27FN4O2S/c1-3-27-32-21-15-13-20(14-16-21)28-24(31)22(8-6-4-5-7-17-26-2)29-23(30)18-9-11-19(25)12-10-18/h4-5,7,9-17,22,27H,2-3,6,8H2,1H3,(H,28,31)(H,29,30)/b5-4-,17-7-. The van der Waals surface area contributed by atoms with Crippen LogP contribution in [0, 0.1) is 5.82 Å². The van der Waals surface area contributed by atoms with Gasteiger partial charge in [0.2, 0.25) is 5.91 Å². The Hall–Kier alpha value is -3.23. The molecule has 0 heterocycles. The number of rotatable bonds is 12. The van der Waals surface area contributed by atoms with Crippen LogP contribution in [0.3, 0.4) is 0 Å². The van der Waals surface area contributed by atoms with E-state index in [-0.39, 0.29) is 11.5 Å². The lowest BCUT2D eigenvalue weighted by Gasteiger charge is -2.18. The molecule has 0 bridgehead atoms. The fourth-order valence-electron chi connectivity index (χ4n) is 2.65. The minimum atomic E-state index is -0.769. The number of hydrogen-bond acceptors (Lipinski definition) is 5. The second-order valence-electron chi connectivity index (χ2n) is 6.68. The highest BCUT2D eigenvalue weighted by molar-refractivity contribution is 7.97. The van der Waals surface area contributed by atoms with E-state index in [2.05, 4.69) is 27.1 Å². The van der Waals surface area contributed by atoms with Crippen molar-refractivity contribution in [2.24, 2.45) is 4.99 Å². The van der Waals surface area contributed by atoms with E-state index in [9.17, 15) is 14.0 Å². The molecule has 2 amide bonds. The number of amides is 2. The lowest BCUT2D eigenvalue weighted by Crippen LogP contribution is -2.43. The first-order chi connectivity index (χ1) is 15.5. The molecular formula is C24H27FN4O2S. The van der Waals surface area contributed by atoms with Crippen molar-refractivity contribution in [2.45, 2.75) is 30.7 Å². The van der Waals surface area contributed by atoms with E-state index in [1.54, 1.807) is 18.4 Å². The van der Waals surface area contributed by atoms with E-state index < -0.39 is 17.8 Å². The smallest absolute Gasteiger partial charge is 0.251 e. The molecular weight excluding hydrogens is 427 g/mol. The summed E-state index contributed by atoms with van der Waals surface area (Å²) >= 11 is 1.51. The van der Waals surface area contributed by atoms with Crippen LogP contribution in [-0.4, -0.2) is 31.1 Å². The van der Waals surface area contributed by atoms with Crippen LogP contribution < -0.4 is 15.4 Å². The normalized spacial score (nSPS) is 12.1. The highest BCUT2D eigenvalue weighted by Gasteiger charge is 2.21. The Kier molecular flexibility index (Phi) is 10.9. The van der Waals surface area contributed by atoms with Gasteiger partial charge < -0.3 is 10.6 Å². The minimum absolute atomic E-state index is 0.282. The summed E-state index contributed by atoms with van der Waals surface area (Å²) in [5, 5.41) is 5.59. The lowest BCUT2D eigenvalue weighted by atomic mass is 10.1. The summed E-state index contributed by atoms with van der Waals surface area (Å²) in [4.78, 5) is 30.1. The van der Waals surface area contributed by atoms with Gasteiger partial charge in [0.15, 0.2) is 0 Å². The fourth-order valence-corrected chi connectivity index (χ4v) is 3.23. The van der Waals surface area contributed by atoms with E-state index in [0.29, 0.717) is 18.5 Å². The summed E-state index contributed by atoms with van der Waals surface area (Å²) in [6, 6.07) is 11.8. The largest absolute Gasteiger partial charge is 0.340 e. The molecule has 2 rings (SSSR count). The number of anilines is 1. The number of allylic oxidation sites excluding steroid dienone is 3. The Morgan fingerprint density at radius 3 is 2.50 bits per heavy atom.